The number of nitrogens with zero attached hydrogens (tertiary/aromatic N) is 2. The Morgan fingerprint density at radius 1 is 0.825 bits per heavy atom. The van der Waals surface area contributed by atoms with E-state index in [0.29, 0.717) is 31.4 Å². The van der Waals surface area contributed by atoms with Crippen LogP contribution in [0.5, 0.6) is 0 Å². The Balaban J connectivity index is 1.22. The first-order valence-corrected chi connectivity index (χ1v) is 15.8. The van der Waals surface area contributed by atoms with Gasteiger partial charge in [0.1, 0.15) is 6.10 Å². The maximum absolute atomic E-state index is 13.7. The molecule has 4 fully saturated rings. The van der Waals surface area contributed by atoms with E-state index in [-0.39, 0.29) is 49.9 Å². The summed E-state index contributed by atoms with van der Waals surface area (Å²) in [4.78, 5) is 66.8. The smallest absolute Gasteiger partial charge is 0.338 e. The van der Waals surface area contributed by atoms with E-state index in [2.05, 4.69) is 0 Å². The lowest BCUT2D eigenvalue weighted by atomic mass is 9.80. The van der Waals surface area contributed by atoms with Crippen LogP contribution >= 0.6 is 0 Å². The molecule has 0 spiro atoms. The van der Waals surface area contributed by atoms with Crippen LogP contribution in [-0.4, -0.2) is 77.5 Å². The molecule has 4 amide bonds. The number of benzene rings is 1. The number of esters is 1. The maximum atomic E-state index is 13.7. The minimum absolute atomic E-state index is 0.0612. The molecule has 0 aromatic heterocycles. The summed E-state index contributed by atoms with van der Waals surface area (Å²) in [5.74, 6) is -4.14. The van der Waals surface area contributed by atoms with Crippen molar-refractivity contribution in [2.24, 2.45) is 23.7 Å². The van der Waals surface area contributed by atoms with Crippen molar-refractivity contribution in [3.63, 3.8) is 0 Å². The Hall–Kier alpha value is -3.08. The van der Waals surface area contributed by atoms with E-state index in [1.54, 1.807) is 37.3 Å². The van der Waals surface area contributed by atoms with Gasteiger partial charge in [-0.2, -0.15) is 0 Å². The number of carbonyl (C=O) groups is 5. The zero-order valence-electron chi connectivity index (χ0n) is 22.9. The van der Waals surface area contributed by atoms with Crippen LogP contribution in [0.1, 0.15) is 69.2 Å². The number of imide groups is 2. The highest BCUT2D eigenvalue weighted by Gasteiger charge is 2.55. The summed E-state index contributed by atoms with van der Waals surface area (Å²) in [7, 11) is -3.69. The monoisotopic (exact) mass is 572 g/mol. The van der Waals surface area contributed by atoms with Gasteiger partial charge in [-0.3, -0.25) is 29.0 Å². The van der Waals surface area contributed by atoms with Crippen LogP contribution in [0, 0.1) is 23.7 Å². The molecule has 40 heavy (non-hydrogen) atoms. The lowest BCUT2D eigenvalue weighted by Gasteiger charge is -2.34. The van der Waals surface area contributed by atoms with E-state index in [1.807, 2.05) is 6.92 Å². The molecule has 7 unspecified atom stereocenters. The van der Waals surface area contributed by atoms with Crippen molar-refractivity contribution in [2.75, 3.05) is 13.1 Å². The zero-order valence-corrected chi connectivity index (χ0v) is 23.7. The number of carbonyl (C=O) groups excluding carboxylic acids is 5. The Morgan fingerprint density at radius 3 is 1.88 bits per heavy atom. The van der Waals surface area contributed by atoms with E-state index in [4.69, 9.17) is 4.74 Å². The Morgan fingerprint density at radius 2 is 1.32 bits per heavy atom. The molecule has 1 aromatic carbocycles. The van der Waals surface area contributed by atoms with Gasteiger partial charge in [0.2, 0.25) is 23.6 Å². The fourth-order valence-electron chi connectivity index (χ4n) is 7.03. The molecule has 2 aliphatic carbocycles. The molecule has 10 nitrogen and oxygen atoms in total. The first-order chi connectivity index (χ1) is 19.0. The second kappa shape index (κ2) is 11.1. The molecule has 0 radical (unpaired) electrons. The highest BCUT2D eigenvalue weighted by molar-refractivity contribution is 7.92. The van der Waals surface area contributed by atoms with Crippen LogP contribution < -0.4 is 0 Å². The van der Waals surface area contributed by atoms with Crippen molar-refractivity contribution in [2.45, 2.75) is 75.4 Å². The summed E-state index contributed by atoms with van der Waals surface area (Å²) in [6.07, 6.45) is 1.36. The van der Waals surface area contributed by atoms with E-state index < -0.39 is 62.0 Å². The predicted molar refractivity (Wildman–Crippen MR) is 143 cm³/mol. The van der Waals surface area contributed by atoms with Gasteiger partial charge in [-0.1, -0.05) is 25.1 Å². The first-order valence-electron chi connectivity index (χ1n) is 14.2. The summed E-state index contributed by atoms with van der Waals surface area (Å²) in [6.45, 7) is 3.77. The Kier molecular flexibility index (Phi) is 7.87. The van der Waals surface area contributed by atoms with Gasteiger partial charge in [-0.15, -0.1) is 0 Å². The van der Waals surface area contributed by atoms with Crippen LogP contribution in [0.2, 0.25) is 0 Å². The third-order valence-corrected chi connectivity index (χ3v) is 11.8. The topological polar surface area (TPSA) is 135 Å². The average molecular weight is 573 g/mol. The molecule has 4 aliphatic rings. The maximum Gasteiger partial charge on any atom is 0.338 e. The zero-order chi connectivity index (χ0) is 28.8. The minimum atomic E-state index is -3.69. The third kappa shape index (κ3) is 4.97. The molecule has 216 valence electrons. The molecular weight excluding hydrogens is 536 g/mol. The largest absolute Gasteiger partial charge is 0.457 e. The molecule has 1 aromatic rings. The molecule has 11 heteroatoms. The normalized spacial score (nSPS) is 31.2. The van der Waals surface area contributed by atoms with Crippen molar-refractivity contribution in [1.29, 1.82) is 0 Å². The number of sulfone groups is 1. The van der Waals surface area contributed by atoms with Crippen molar-refractivity contribution in [1.82, 2.24) is 9.80 Å². The lowest BCUT2D eigenvalue weighted by molar-refractivity contribution is -0.142. The van der Waals surface area contributed by atoms with E-state index in [9.17, 15) is 32.4 Å². The third-order valence-electron chi connectivity index (χ3n) is 9.07. The number of likely N-dealkylation sites (tertiary alicyclic amines) is 2. The van der Waals surface area contributed by atoms with Crippen molar-refractivity contribution in [3.05, 3.63) is 35.9 Å². The van der Waals surface area contributed by atoms with Crippen LogP contribution in [-0.2, 0) is 33.8 Å². The van der Waals surface area contributed by atoms with Gasteiger partial charge in [-0.05, 0) is 64.0 Å². The standard InChI is InChI=1S/C29H36N2O8S/c1-3-13-30-25(32)21-11-9-19(14-23(21)27(30)34)40(37,38)20-10-12-22-24(15-20)28(35)31(26(22)33)16-17(2)39-29(36)18-7-5-4-6-8-18/h4-8,17,19-24H,3,9-16H2,1-2H3. The van der Waals surface area contributed by atoms with Crippen molar-refractivity contribution in [3.8, 4) is 0 Å². The minimum Gasteiger partial charge on any atom is -0.457 e. The van der Waals surface area contributed by atoms with Gasteiger partial charge < -0.3 is 4.74 Å². The molecule has 2 saturated heterocycles. The fourth-order valence-corrected chi connectivity index (χ4v) is 9.46. The molecule has 0 N–H and O–H groups in total. The van der Waals surface area contributed by atoms with Gasteiger partial charge in [-0.25, -0.2) is 13.2 Å². The predicted octanol–water partition coefficient (Wildman–Crippen LogP) is 2.36. The van der Waals surface area contributed by atoms with Crippen LogP contribution in [0.3, 0.4) is 0 Å². The highest BCUT2D eigenvalue weighted by Crippen LogP contribution is 2.45. The van der Waals surface area contributed by atoms with E-state index >= 15 is 0 Å². The number of hydrogen-bond donors (Lipinski definition) is 0. The van der Waals surface area contributed by atoms with Crippen molar-refractivity contribution >= 4 is 39.4 Å². The van der Waals surface area contributed by atoms with Crippen LogP contribution in [0.4, 0.5) is 0 Å². The quantitative estimate of drug-likeness (QED) is 0.342. The van der Waals surface area contributed by atoms with Gasteiger partial charge in [0.05, 0.1) is 46.3 Å². The van der Waals surface area contributed by atoms with E-state index in [1.165, 1.54) is 4.90 Å². The molecule has 7 atom stereocenters. The van der Waals surface area contributed by atoms with Crippen LogP contribution in [0.15, 0.2) is 30.3 Å². The first kappa shape index (κ1) is 28.4. The lowest BCUT2D eigenvalue weighted by Crippen LogP contribution is -2.42. The Labute approximate surface area is 234 Å². The second-order valence-electron chi connectivity index (χ2n) is 11.6. The molecule has 5 rings (SSSR count). The molecular formula is C29H36N2O8S. The summed E-state index contributed by atoms with van der Waals surface area (Å²) >= 11 is 0. The molecule has 2 aliphatic heterocycles. The summed E-state index contributed by atoms with van der Waals surface area (Å²) in [5.41, 5.74) is 0.367. The van der Waals surface area contributed by atoms with Crippen molar-refractivity contribution < 1.29 is 37.1 Å². The molecule has 2 heterocycles. The fraction of sp³-hybridized carbons (Fsp3) is 0.621. The summed E-state index contributed by atoms with van der Waals surface area (Å²) < 4.78 is 32.9. The van der Waals surface area contributed by atoms with Gasteiger partial charge in [0, 0.05) is 6.54 Å². The van der Waals surface area contributed by atoms with Gasteiger partial charge >= 0.3 is 5.97 Å². The van der Waals surface area contributed by atoms with Crippen LogP contribution in [0.25, 0.3) is 0 Å². The van der Waals surface area contributed by atoms with Gasteiger partial charge in [0.15, 0.2) is 9.84 Å². The highest BCUT2D eigenvalue weighted by atomic mass is 32.2. The second-order valence-corrected chi connectivity index (χ2v) is 14.1. The Bertz CT molecular complexity index is 1310. The number of amides is 4. The summed E-state index contributed by atoms with van der Waals surface area (Å²) in [6, 6.07) is 8.43. The van der Waals surface area contributed by atoms with E-state index in [0.717, 1.165) is 4.90 Å². The van der Waals surface area contributed by atoms with Gasteiger partial charge in [0.25, 0.3) is 0 Å². The summed E-state index contributed by atoms with van der Waals surface area (Å²) in [5, 5.41) is -1.52. The number of fused-ring (bicyclic) bond motifs is 2. The SMILES string of the molecule is CCCN1C(=O)C2CCC(S(=O)(=O)C3CCC4C(=O)N(CC(C)OC(=O)c5ccccc5)C(=O)C4C3)CC2C1=O. The number of rotatable bonds is 8. The number of ether oxygens (including phenoxy) is 1. The number of hydrogen-bond acceptors (Lipinski definition) is 8. The molecule has 0 bridgehead atoms. The molecule has 2 saturated carbocycles. The average Bonchev–Trinajstić information content (AvgIpc) is 3.33.